The van der Waals surface area contributed by atoms with Gasteiger partial charge in [-0.2, -0.15) is 0 Å². The van der Waals surface area contributed by atoms with Gasteiger partial charge in [0.05, 0.1) is 12.5 Å². The van der Waals surface area contributed by atoms with E-state index in [0.29, 0.717) is 6.61 Å². The van der Waals surface area contributed by atoms with Gasteiger partial charge in [0.25, 0.3) is 0 Å². The Morgan fingerprint density at radius 1 is 1.32 bits per heavy atom. The van der Waals surface area contributed by atoms with Crippen molar-refractivity contribution in [2.24, 2.45) is 11.8 Å². The second-order valence-electron chi connectivity index (χ2n) is 5.77. The molecule has 0 aromatic rings. The molecule has 2 aliphatic rings. The van der Waals surface area contributed by atoms with E-state index in [9.17, 15) is 4.79 Å². The van der Waals surface area contributed by atoms with E-state index in [1.165, 1.54) is 11.1 Å². The number of hydrogen-bond acceptors (Lipinski definition) is 3. The topological polar surface area (TPSA) is 35.5 Å². The molecule has 1 heterocycles. The monoisotopic (exact) mass is 264 g/mol. The molecule has 0 bridgehead atoms. The first-order chi connectivity index (χ1) is 9.11. The largest absolute Gasteiger partial charge is 0.458 e. The Morgan fingerprint density at radius 2 is 2.11 bits per heavy atom. The van der Waals surface area contributed by atoms with Crippen molar-refractivity contribution >= 4 is 5.97 Å². The normalized spacial score (nSPS) is 32.2. The summed E-state index contributed by atoms with van der Waals surface area (Å²) in [7, 11) is 1.65. The molecule has 0 saturated carbocycles. The number of hydrogen-bond donors (Lipinski definition) is 0. The van der Waals surface area contributed by atoms with Gasteiger partial charge in [-0.25, -0.2) is 0 Å². The highest BCUT2D eigenvalue weighted by atomic mass is 16.6. The molecule has 0 spiro atoms. The van der Waals surface area contributed by atoms with Crippen LogP contribution in [0.4, 0.5) is 0 Å². The Kier molecular flexibility index (Phi) is 4.81. The molecular weight excluding hydrogens is 240 g/mol. The van der Waals surface area contributed by atoms with E-state index in [1.54, 1.807) is 7.11 Å². The van der Waals surface area contributed by atoms with Crippen molar-refractivity contribution in [3.8, 4) is 0 Å². The lowest BCUT2D eigenvalue weighted by Gasteiger charge is -2.20. The highest BCUT2D eigenvalue weighted by Crippen LogP contribution is 2.35. The standard InChI is InChI=1S/C16H24O3/c1-11-5-4-6-12(2)9-15-13(8-7-11)14(10-18-3)16(17)19-15/h5,9,13-15H,4,6-8,10H2,1-3H3/t13-,14+,15+/m0/s1. The SMILES string of the molecule is COC[C@H]1C(=O)O[C@@H]2C=C(C)CCC=C(C)CC[C@H]21. The van der Waals surface area contributed by atoms with Gasteiger partial charge in [0.15, 0.2) is 0 Å². The van der Waals surface area contributed by atoms with Gasteiger partial charge in [-0.15, -0.1) is 0 Å². The predicted molar refractivity (Wildman–Crippen MR) is 74.7 cm³/mol. The molecule has 0 amide bonds. The summed E-state index contributed by atoms with van der Waals surface area (Å²) in [6.07, 6.45) is 8.58. The molecular formula is C16H24O3. The fraction of sp³-hybridized carbons (Fsp3) is 0.688. The van der Waals surface area contributed by atoms with Gasteiger partial charge in [-0.3, -0.25) is 4.79 Å². The van der Waals surface area contributed by atoms with Crippen molar-refractivity contribution in [1.29, 1.82) is 0 Å². The molecule has 3 atom stereocenters. The van der Waals surface area contributed by atoms with Crippen LogP contribution in [0, 0.1) is 11.8 Å². The van der Waals surface area contributed by atoms with Crippen LogP contribution in [0.5, 0.6) is 0 Å². The number of rotatable bonds is 2. The van der Waals surface area contributed by atoms with E-state index in [1.807, 2.05) is 0 Å². The summed E-state index contributed by atoms with van der Waals surface area (Å²) in [6, 6.07) is 0. The molecule has 2 rings (SSSR count). The number of fused-ring (bicyclic) bond motifs is 1. The van der Waals surface area contributed by atoms with Crippen LogP contribution in [0.2, 0.25) is 0 Å². The van der Waals surface area contributed by atoms with Gasteiger partial charge in [0.1, 0.15) is 6.10 Å². The van der Waals surface area contributed by atoms with Crippen LogP contribution in [0.3, 0.4) is 0 Å². The quantitative estimate of drug-likeness (QED) is 0.567. The maximum Gasteiger partial charge on any atom is 0.312 e. The summed E-state index contributed by atoms with van der Waals surface area (Å²) in [4.78, 5) is 12.0. The van der Waals surface area contributed by atoms with E-state index in [4.69, 9.17) is 9.47 Å². The molecule has 0 aromatic carbocycles. The molecule has 19 heavy (non-hydrogen) atoms. The molecule has 1 aliphatic carbocycles. The third-order valence-electron chi connectivity index (χ3n) is 4.19. The minimum absolute atomic E-state index is 0.0569. The molecule has 1 fully saturated rings. The van der Waals surface area contributed by atoms with Crippen LogP contribution >= 0.6 is 0 Å². The van der Waals surface area contributed by atoms with Gasteiger partial charge in [0, 0.05) is 13.0 Å². The third kappa shape index (κ3) is 3.47. The number of carbonyl (C=O) groups is 1. The summed E-state index contributed by atoms with van der Waals surface area (Å²) in [5.74, 6) is 0.0527. The van der Waals surface area contributed by atoms with Crippen molar-refractivity contribution in [3.63, 3.8) is 0 Å². The zero-order valence-electron chi connectivity index (χ0n) is 12.1. The van der Waals surface area contributed by atoms with Crippen LogP contribution in [0.1, 0.15) is 39.5 Å². The van der Waals surface area contributed by atoms with Crippen LogP contribution < -0.4 is 0 Å². The zero-order valence-corrected chi connectivity index (χ0v) is 12.1. The molecule has 0 aromatic heterocycles. The Balaban J connectivity index is 2.20. The van der Waals surface area contributed by atoms with Crippen LogP contribution in [-0.4, -0.2) is 25.8 Å². The Morgan fingerprint density at radius 3 is 2.84 bits per heavy atom. The molecule has 1 saturated heterocycles. The van der Waals surface area contributed by atoms with Crippen molar-refractivity contribution in [1.82, 2.24) is 0 Å². The van der Waals surface area contributed by atoms with Gasteiger partial charge in [-0.05, 0) is 45.6 Å². The van der Waals surface area contributed by atoms with Gasteiger partial charge in [-0.1, -0.05) is 17.2 Å². The van der Waals surface area contributed by atoms with E-state index < -0.39 is 0 Å². The van der Waals surface area contributed by atoms with E-state index in [2.05, 4.69) is 26.0 Å². The highest BCUT2D eigenvalue weighted by molar-refractivity contribution is 5.75. The fourth-order valence-electron chi connectivity index (χ4n) is 3.01. The first kappa shape index (κ1) is 14.3. The first-order valence-electron chi connectivity index (χ1n) is 7.14. The number of methoxy groups -OCH3 is 1. The fourth-order valence-corrected chi connectivity index (χ4v) is 3.01. The molecule has 1 aliphatic heterocycles. The molecule has 3 nitrogen and oxygen atoms in total. The number of carbonyl (C=O) groups excluding carboxylic acids is 1. The Labute approximate surface area is 115 Å². The van der Waals surface area contributed by atoms with Gasteiger partial charge in [0.2, 0.25) is 0 Å². The summed E-state index contributed by atoms with van der Waals surface area (Å²) in [6.45, 7) is 4.77. The second-order valence-corrected chi connectivity index (χ2v) is 5.77. The lowest BCUT2D eigenvalue weighted by atomic mass is 9.84. The van der Waals surface area contributed by atoms with Gasteiger partial charge >= 0.3 is 5.97 Å². The average molecular weight is 264 g/mol. The van der Waals surface area contributed by atoms with Crippen molar-refractivity contribution in [3.05, 3.63) is 23.3 Å². The first-order valence-corrected chi connectivity index (χ1v) is 7.14. The van der Waals surface area contributed by atoms with Crippen LogP contribution in [0.25, 0.3) is 0 Å². The minimum atomic E-state index is -0.105. The minimum Gasteiger partial charge on any atom is -0.458 e. The lowest BCUT2D eigenvalue weighted by molar-refractivity contribution is -0.144. The predicted octanol–water partition coefficient (Wildman–Crippen LogP) is 3.26. The van der Waals surface area contributed by atoms with E-state index in [-0.39, 0.29) is 23.9 Å². The Bertz CT molecular complexity index is 395. The van der Waals surface area contributed by atoms with E-state index >= 15 is 0 Å². The molecule has 0 unspecified atom stereocenters. The highest BCUT2D eigenvalue weighted by Gasteiger charge is 2.43. The molecule has 3 heteroatoms. The Hall–Kier alpha value is -1.09. The second kappa shape index (κ2) is 6.38. The summed E-state index contributed by atoms with van der Waals surface area (Å²) in [5.41, 5.74) is 2.73. The average Bonchev–Trinajstić information content (AvgIpc) is 2.63. The maximum absolute atomic E-state index is 12.0. The lowest BCUT2D eigenvalue weighted by Crippen LogP contribution is -2.24. The third-order valence-corrected chi connectivity index (χ3v) is 4.19. The maximum atomic E-state index is 12.0. The number of esters is 1. The summed E-state index contributed by atoms with van der Waals surface area (Å²) in [5, 5.41) is 0. The zero-order chi connectivity index (χ0) is 13.8. The van der Waals surface area contributed by atoms with Crippen molar-refractivity contribution in [2.75, 3.05) is 13.7 Å². The van der Waals surface area contributed by atoms with Crippen molar-refractivity contribution < 1.29 is 14.3 Å². The molecule has 0 radical (unpaired) electrons. The van der Waals surface area contributed by atoms with Gasteiger partial charge < -0.3 is 9.47 Å². The summed E-state index contributed by atoms with van der Waals surface area (Å²) >= 11 is 0. The smallest absolute Gasteiger partial charge is 0.312 e. The van der Waals surface area contributed by atoms with E-state index in [0.717, 1.165) is 25.7 Å². The number of allylic oxidation sites excluding steroid dienone is 3. The van der Waals surface area contributed by atoms with Crippen LogP contribution in [0.15, 0.2) is 23.3 Å². The summed E-state index contributed by atoms with van der Waals surface area (Å²) < 4.78 is 10.7. The number of ether oxygens (including phenoxy) is 2. The molecule has 0 N–H and O–H groups in total. The van der Waals surface area contributed by atoms with Crippen LogP contribution in [-0.2, 0) is 14.3 Å². The molecule has 106 valence electrons. The van der Waals surface area contributed by atoms with Crippen molar-refractivity contribution in [2.45, 2.75) is 45.6 Å².